The Bertz CT molecular complexity index is 177. The Morgan fingerprint density at radius 1 is 1.35 bits per heavy atom. The molecule has 0 saturated carbocycles. The fourth-order valence-electron chi connectivity index (χ4n) is 2.52. The molecule has 17 heavy (non-hydrogen) atoms. The van der Waals surface area contributed by atoms with Gasteiger partial charge in [-0.25, -0.2) is 0 Å². The highest BCUT2D eigenvalue weighted by molar-refractivity contribution is 8.00. The van der Waals surface area contributed by atoms with Crippen molar-refractivity contribution in [3.63, 3.8) is 0 Å². The third kappa shape index (κ3) is 5.62. The van der Waals surface area contributed by atoms with E-state index in [-0.39, 0.29) is 0 Å². The second-order valence-electron chi connectivity index (χ2n) is 4.87. The Balaban J connectivity index is 2.32. The van der Waals surface area contributed by atoms with Crippen LogP contribution >= 0.6 is 11.8 Å². The monoisotopic (exact) mass is 259 g/mol. The van der Waals surface area contributed by atoms with Gasteiger partial charge < -0.3 is 10.1 Å². The van der Waals surface area contributed by atoms with E-state index in [4.69, 9.17) is 4.74 Å². The first-order valence-corrected chi connectivity index (χ1v) is 8.33. The summed E-state index contributed by atoms with van der Waals surface area (Å²) in [5, 5.41) is 4.40. The minimum absolute atomic E-state index is 0.526. The number of ether oxygens (including phenoxy) is 1. The van der Waals surface area contributed by atoms with Crippen LogP contribution in [0.1, 0.15) is 52.9 Å². The molecule has 0 spiro atoms. The molecule has 1 fully saturated rings. The molecule has 1 aliphatic rings. The number of hydrogen-bond donors (Lipinski definition) is 1. The van der Waals surface area contributed by atoms with Crippen molar-refractivity contribution in [2.45, 2.75) is 70.3 Å². The summed E-state index contributed by atoms with van der Waals surface area (Å²) in [6.07, 6.45) is 6.88. The predicted molar refractivity (Wildman–Crippen MR) is 77.9 cm³/mol. The lowest BCUT2D eigenvalue weighted by Gasteiger charge is -2.27. The van der Waals surface area contributed by atoms with Gasteiger partial charge in [-0.15, -0.1) is 0 Å². The van der Waals surface area contributed by atoms with Gasteiger partial charge >= 0.3 is 0 Å². The second-order valence-corrected chi connectivity index (χ2v) is 6.14. The van der Waals surface area contributed by atoms with Crippen molar-refractivity contribution in [3.05, 3.63) is 0 Å². The molecule has 0 aromatic heterocycles. The average molecular weight is 259 g/mol. The second kappa shape index (κ2) is 9.23. The highest BCUT2D eigenvalue weighted by atomic mass is 32.2. The van der Waals surface area contributed by atoms with Gasteiger partial charge in [0.05, 0.1) is 6.10 Å². The molecule has 3 atom stereocenters. The van der Waals surface area contributed by atoms with Gasteiger partial charge in [-0.1, -0.05) is 27.2 Å². The summed E-state index contributed by atoms with van der Waals surface area (Å²) in [6, 6.07) is 0.682. The van der Waals surface area contributed by atoms with Crippen molar-refractivity contribution in [2.75, 3.05) is 18.9 Å². The van der Waals surface area contributed by atoms with Gasteiger partial charge in [-0.05, 0) is 32.2 Å². The minimum Gasteiger partial charge on any atom is -0.377 e. The topological polar surface area (TPSA) is 21.3 Å². The van der Waals surface area contributed by atoms with E-state index in [1.165, 1.54) is 37.9 Å². The first-order chi connectivity index (χ1) is 8.31. The lowest BCUT2D eigenvalue weighted by atomic mass is 10.1. The Labute approximate surface area is 111 Å². The molecule has 0 amide bonds. The molecule has 1 saturated heterocycles. The summed E-state index contributed by atoms with van der Waals surface area (Å²) in [5.74, 6) is 1.18. The summed E-state index contributed by atoms with van der Waals surface area (Å²) < 4.78 is 5.71. The Kier molecular flexibility index (Phi) is 8.33. The zero-order chi connectivity index (χ0) is 12.5. The van der Waals surface area contributed by atoms with E-state index in [9.17, 15) is 0 Å². The normalized spacial score (nSPS) is 23.8. The van der Waals surface area contributed by atoms with Gasteiger partial charge in [0.15, 0.2) is 0 Å². The van der Waals surface area contributed by atoms with Crippen LogP contribution in [0, 0.1) is 0 Å². The van der Waals surface area contributed by atoms with Crippen LogP contribution < -0.4 is 5.32 Å². The van der Waals surface area contributed by atoms with Crippen LogP contribution in [0.15, 0.2) is 0 Å². The lowest BCUT2D eigenvalue weighted by Crippen LogP contribution is -2.38. The Hall–Kier alpha value is 0.270. The van der Waals surface area contributed by atoms with Crippen molar-refractivity contribution in [1.82, 2.24) is 5.32 Å². The standard InChI is InChI=1S/C14H29NOS/c1-4-8-13(15-6-3)14(5-2)17-11-12-9-7-10-16-12/h12-15H,4-11H2,1-3H3. The van der Waals surface area contributed by atoms with Crippen LogP contribution in [0.25, 0.3) is 0 Å². The summed E-state index contributed by atoms with van der Waals surface area (Å²) >= 11 is 2.12. The maximum atomic E-state index is 5.71. The first kappa shape index (κ1) is 15.3. The van der Waals surface area contributed by atoms with Crippen molar-refractivity contribution in [1.29, 1.82) is 0 Å². The largest absolute Gasteiger partial charge is 0.377 e. The quantitative estimate of drug-likeness (QED) is 0.685. The molecular formula is C14H29NOS. The van der Waals surface area contributed by atoms with Crippen LogP contribution in [0.3, 0.4) is 0 Å². The van der Waals surface area contributed by atoms with E-state index < -0.39 is 0 Å². The fraction of sp³-hybridized carbons (Fsp3) is 1.00. The van der Waals surface area contributed by atoms with Crippen LogP contribution in [0.5, 0.6) is 0 Å². The molecule has 1 aliphatic heterocycles. The van der Waals surface area contributed by atoms with Gasteiger partial charge in [0.2, 0.25) is 0 Å². The third-order valence-electron chi connectivity index (χ3n) is 3.44. The molecule has 0 bridgehead atoms. The summed E-state index contributed by atoms with van der Waals surface area (Å²) in [6.45, 7) is 8.87. The van der Waals surface area contributed by atoms with E-state index in [0.717, 1.165) is 18.4 Å². The maximum Gasteiger partial charge on any atom is 0.0666 e. The van der Waals surface area contributed by atoms with E-state index in [1.807, 2.05) is 0 Å². The molecule has 2 nitrogen and oxygen atoms in total. The smallest absolute Gasteiger partial charge is 0.0666 e. The molecular weight excluding hydrogens is 230 g/mol. The molecule has 0 radical (unpaired) electrons. The van der Waals surface area contributed by atoms with Gasteiger partial charge in [-0.3, -0.25) is 0 Å². The molecule has 0 aromatic rings. The average Bonchev–Trinajstić information content (AvgIpc) is 2.83. The molecule has 102 valence electrons. The summed E-state index contributed by atoms with van der Waals surface area (Å²) in [7, 11) is 0. The zero-order valence-electron chi connectivity index (χ0n) is 11.7. The number of rotatable bonds is 9. The first-order valence-electron chi connectivity index (χ1n) is 7.28. The van der Waals surface area contributed by atoms with Gasteiger partial charge in [0.1, 0.15) is 0 Å². The SMILES string of the molecule is CCCC(NCC)C(CC)SCC1CCCO1. The number of nitrogens with one attached hydrogen (secondary N) is 1. The third-order valence-corrected chi connectivity index (χ3v) is 5.09. The highest BCUT2D eigenvalue weighted by Crippen LogP contribution is 2.25. The van der Waals surface area contributed by atoms with Crippen molar-refractivity contribution < 1.29 is 4.74 Å². The van der Waals surface area contributed by atoms with E-state index in [0.29, 0.717) is 12.1 Å². The van der Waals surface area contributed by atoms with Crippen molar-refractivity contribution >= 4 is 11.8 Å². The maximum absolute atomic E-state index is 5.71. The van der Waals surface area contributed by atoms with Crippen LogP contribution in [0.2, 0.25) is 0 Å². The number of thioether (sulfide) groups is 1. The molecule has 0 aliphatic carbocycles. The zero-order valence-corrected chi connectivity index (χ0v) is 12.5. The predicted octanol–water partition coefficient (Wildman–Crippen LogP) is 3.46. The molecule has 1 heterocycles. The Morgan fingerprint density at radius 2 is 2.18 bits per heavy atom. The summed E-state index contributed by atoms with van der Waals surface area (Å²) in [5.41, 5.74) is 0. The summed E-state index contributed by atoms with van der Waals surface area (Å²) in [4.78, 5) is 0. The van der Waals surface area contributed by atoms with Crippen LogP contribution in [-0.4, -0.2) is 36.3 Å². The lowest BCUT2D eigenvalue weighted by molar-refractivity contribution is 0.128. The van der Waals surface area contributed by atoms with E-state index in [1.54, 1.807) is 0 Å². The molecule has 3 unspecified atom stereocenters. The van der Waals surface area contributed by atoms with Gasteiger partial charge in [-0.2, -0.15) is 11.8 Å². The van der Waals surface area contributed by atoms with Crippen molar-refractivity contribution in [2.24, 2.45) is 0 Å². The minimum atomic E-state index is 0.526. The van der Waals surface area contributed by atoms with Gasteiger partial charge in [0, 0.05) is 23.7 Å². The molecule has 3 heteroatoms. The number of hydrogen-bond acceptors (Lipinski definition) is 3. The molecule has 1 rings (SSSR count). The molecule has 0 aromatic carbocycles. The van der Waals surface area contributed by atoms with Crippen LogP contribution in [0.4, 0.5) is 0 Å². The van der Waals surface area contributed by atoms with Crippen molar-refractivity contribution in [3.8, 4) is 0 Å². The van der Waals surface area contributed by atoms with Crippen LogP contribution in [-0.2, 0) is 4.74 Å². The van der Waals surface area contributed by atoms with Gasteiger partial charge in [0.25, 0.3) is 0 Å². The Morgan fingerprint density at radius 3 is 2.71 bits per heavy atom. The fourth-order valence-corrected chi connectivity index (χ4v) is 3.94. The van der Waals surface area contributed by atoms with E-state index in [2.05, 4.69) is 37.8 Å². The van der Waals surface area contributed by atoms with E-state index >= 15 is 0 Å². The molecule has 1 N–H and O–H groups in total. The highest BCUT2D eigenvalue weighted by Gasteiger charge is 2.22.